The summed E-state index contributed by atoms with van der Waals surface area (Å²) in [7, 11) is 0. The Labute approximate surface area is 187 Å². The first-order chi connectivity index (χ1) is 14.8. The number of thiophene rings is 1. The molecule has 0 spiro atoms. The predicted octanol–water partition coefficient (Wildman–Crippen LogP) is 4.41. The number of rotatable bonds is 5. The lowest BCUT2D eigenvalue weighted by Crippen LogP contribution is -2.33. The van der Waals surface area contributed by atoms with Gasteiger partial charge in [-0.25, -0.2) is 10.2 Å². The highest BCUT2D eigenvalue weighted by Crippen LogP contribution is 2.22. The van der Waals surface area contributed by atoms with Crippen LogP contribution >= 0.6 is 22.9 Å². The van der Waals surface area contributed by atoms with Crippen molar-refractivity contribution in [3.8, 4) is 5.75 Å². The summed E-state index contributed by atoms with van der Waals surface area (Å²) in [5.74, 6) is -1.82. The van der Waals surface area contributed by atoms with Crippen LogP contribution in [0.4, 0.5) is 5.69 Å². The largest absolute Gasteiger partial charge is 0.422 e. The summed E-state index contributed by atoms with van der Waals surface area (Å²) in [6, 6.07) is 15.1. The first-order valence-corrected chi connectivity index (χ1v) is 10.4. The molecule has 0 atom stereocenters. The van der Waals surface area contributed by atoms with E-state index in [4.69, 9.17) is 16.3 Å². The van der Waals surface area contributed by atoms with Crippen molar-refractivity contribution in [1.82, 2.24) is 5.43 Å². The van der Waals surface area contributed by atoms with E-state index in [2.05, 4.69) is 15.8 Å². The van der Waals surface area contributed by atoms with Crippen LogP contribution in [0.2, 0.25) is 5.02 Å². The number of anilines is 1. The zero-order valence-electron chi connectivity index (χ0n) is 16.6. The van der Waals surface area contributed by atoms with Gasteiger partial charge in [0.1, 0.15) is 10.6 Å². The summed E-state index contributed by atoms with van der Waals surface area (Å²) in [6.07, 6.45) is 0. The number of nitrogens with one attached hydrogen (secondary N) is 2. The lowest BCUT2D eigenvalue weighted by atomic mass is 10.1. The second-order valence-corrected chi connectivity index (χ2v) is 7.75. The molecule has 7 nitrogen and oxygen atoms in total. The van der Waals surface area contributed by atoms with Crippen molar-refractivity contribution in [1.29, 1.82) is 0 Å². The van der Waals surface area contributed by atoms with Gasteiger partial charge in [-0.1, -0.05) is 23.7 Å². The van der Waals surface area contributed by atoms with E-state index in [1.807, 2.05) is 0 Å². The number of carbonyl (C=O) groups is 3. The number of halogens is 1. The zero-order chi connectivity index (χ0) is 22.4. The number of esters is 1. The highest BCUT2D eigenvalue weighted by Gasteiger charge is 2.15. The van der Waals surface area contributed by atoms with Gasteiger partial charge in [0.25, 0.3) is 0 Å². The van der Waals surface area contributed by atoms with Gasteiger partial charge in [0.2, 0.25) is 0 Å². The minimum absolute atomic E-state index is 0.384. The average Bonchev–Trinajstić information content (AvgIpc) is 3.30. The third-order valence-electron chi connectivity index (χ3n) is 4.25. The summed E-state index contributed by atoms with van der Waals surface area (Å²) in [4.78, 5) is 36.6. The first kappa shape index (κ1) is 22.2. The van der Waals surface area contributed by atoms with Gasteiger partial charge in [-0.05, 0) is 72.8 Å². The number of nitrogens with zero attached hydrogens (tertiary/aromatic N) is 1. The minimum Gasteiger partial charge on any atom is -0.422 e. The number of ether oxygens (including phenoxy) is 1. The van der Waals surface area contributed by atoms with Crippen LogP contribution in [0.5, 0.6) is 5.75 Å². The third-order valence-corrected chi connectivity index (χ3v) is 5.51. The molecule has 0 saturated heterocycles. The average molecular weight is 456 g/mol. The standard InChI is InChI=1S/C22H18ClN3O4S/c1-13-17(23)5-3-6-18(13)24-20(27)21(28)26-25-14(2)15-8-10-16(11-9-15)30-22(29)19-7-4-12-31-19/h3-12H,1-2H3,(H,24,27)(H,26,28)/b25-14+. The molecule has 0 bridgehead atoms. The molecule has 2 amide bonds. The van der Waals surface area contributed by atoms with E-state index in [0.717, 1.165) is 0 Å². The number of amides is 2. The highest BCUT2D eigenvalue weighted by molar-refractivity contribution is 7.12. The summed E-state index contributed by atoms with van der Waals surface area (Å²) in [5.41, 5.74) is 4.47. The minimum atomic E-state index is -0.916. The van der Waals surface area contributed by atoms with Crippen molar-refractivity contribution in [3.63, 3.8) is 0 Å². The normalized spacial score (nSPS) is 11.0. The van der Waals surface area contributed by atoms with Gasteiger partial charge in [0, 0.05) is 10.7 Å². The van der Waals surface area contributed by atoms with Crippen LogP contribution in [0.1, 0.15) is 27.7 Å². The maximum Gasteiger partial charge on any atom is 0.353 e. The molecule has 0 radical (unpaired) electrons. The highest BCUT2D eigenvalue weighted by atomic mass is 35.5. The number of benzene rings is 2. The Morgan fingerprint density at radius 3 is 2.42 bits per heavy atom. The molecular weight excluding hydrogens is 438 g/mol. The van der Waals surface area contributed by atoms with Crippen LogP contribution in [0.15, 0.2) is 65.1 Å². The molecule has 0 unspecified atom stereocenters. The predicted molar refractivity (Wildman–Crippen MR) is 121 cm³/mol. The topological polar surface area (TPSA) is 96.9 Å². The van der Waals surface area contributed by atoms with Crippen molar-refractivity contribution in [2.45, 2.75) is 13.8 Å². The molecular formula is C22H18ClN3O4S. The van der Waals surface area contributed by atoms with Crippen LogP contribution in [-0.4, -0.2) is 23.5 Å². The molecule has 31 heavy (non-hydrogen) atoms. The fraction of sp³-hybridized carbons (Fsp3) is 0.0909. The Kier molecular flexibility index (Phi) is 7.17. The quantitative estimate of drug-likeness (QED) is 0.196. The van der Waals surface area contributed by atoms with Crippen molar-refractivity contribution >= 4 is 52.1 Å². The van der Waals surface area contributed by atoms with Crippen molar-refractivity contribution in [2.24, 2.45) is 5.10 Å². The molecule has 3 rings (SSSR count). The van der Waals surface area contributed by atoms with Gasteiger partial charge in [-0.2, -0.15) is 5.10 Å². The van der Waals surface area contributed by atoms with Crippen LogP contribution in [0.3, 0.4) is 0 Å². The van der Waals surface area contributed by atoms with E-state index in [1.165, 1.54) is 11.3 Å². The van der Waals surface area contributed by atoms with Gasteiger partial charge < -0.3 is 10.1 Å². The van der Waals surface area contributed by atoms with Gasteiger partial charge in [-0.3, -0.25) is 9.59 Å². The third kappa shape index (κ3) is 5.78. The molecule has 0 aliphatic rings. The Hall–Kier alpha value is -3.49. The SMILES string of the molecule is C/C(=N\NC(=O)C(=O)Nc1cccc(Cl)c1C)c1ccc(OC(=O)c2cccs2)cc1. The number of hydrogen-bond donors (Lipinski definition) is 2. The first-order valence-electron chi connectivity index (χ1n) is 9.12. The molecule has 1 heterocycles. The molecule has 0 aliphatic carbocycles. The molecule has 3 aromatic rings. The van der Waals surface area contributed by atoms with E-state index in [0.29, 0.717) is 38.2 Å². The maximum atomic E-state index is 12.1. The fourth-order valence-corrected chi connectivity index (χ4v) is 3.26. The molecule has 2 aromatic carbocycles. The van der Waals surface area contributed by atoms with Crippen LogP contribution < -0.4 is 15.5 Å². The summed E-state index contributed by atoms with van der Waals surface area (Å²) in [5, 5.41) is 8.73. The van der Waals surface area contributed by atoms with Crippen molar-refractivity contribution < 1.29 is 19.1 Å². The van der Waals surface area contributed by atoms with Crippen LogP contribution in [0.25, 0.3) is 0 Å². The number of hydrazone groups is 1. The van der Waals surface area contributed by atoms with E-state index < -0.39 is 17.8 Å². The van der Waals surface area contributed by atoms with Gasteiger partial charge in [-0.15, -0.1) is 11.3 Å². The number of carbonyl (C=O) groups excluding carboxylic acids is 3. The van der Waals surface area contributed by atoms with E-state index in [-0.39, 0.29) is 0 Å². The van der Waals surface area contributed by atoms with Crippen molar-refractivity contribution in [3.05, 3.63) is 81.0 Å². The number of hydrogen-bond acceptors (Lipinski definition) is 6. The molecule has 2 N–H and O–H groups in total. The van der Waals surface area contributed by atoms with Gasteiger partial charge in [0.15, 0.2) is 0 Å². The lowest BCUT2D eigenvalue weighted by Gasteiger charge is -2.09. The Bertz CT molecular complexity index is 1140. The summed E-state index contributed by atoms with van der Waals surface area (Å²) in [6.45, 7) is 3.41. The van der Waals surface area contributed by atoms with Gasteiger partial charge >= 0.3 is 17.8 Å². The second-order valence-electron chi connectivity index (χ2n) is 6.40. The zero-order valence-corrected chi connectivity index (χ0v) is 18.2. The Balaban J connectivity index is 1.58. The molecule has 0 fully saturated rings. The second kappa shape index (κ2) is 10.0. The molecule has 1 aromatic heterocycles. The van der Waals surface area contributed by atoms with E-state index in [9.17, 15) is 14.4 Å². The lowest BCUT2D eigenvalue weighted by molar-refractivity contribution is -0.136. The summed E-state index contributed by atoms with van der Waals surface area (Å²) >= 11 is 7.31. The Morgan fingerprint density at radius 2 is 1.74 bits per heavy atom. The van der Waals surface area contributed by atoms with Crippen LogP contribution in [0, 0.1) is 6.92 Å². The smallest absolute Gasteiger partial charge is 0.353 e. The monoisotopic (exact) mass is 455 g/mol. The summed E-state index contributed by atoms with van der Waals surface area (Å²) < 4.78 is 5.30. The molecule has 9 heteroatoms. The molecule has 0 saturated carbocycles. The van der Waals surface area contributed by atoms with E-state index in [1.54, 1.807) is 73.8 Å². The molecule has 158 valence electrons. The molecule has 0 aliphatic heterocycles. The van der Waals surface area contributed by atoms with Gasteiger partial charge in [0.05, 0.1) is 5.71 Å². The maximum absolute atomic E-state index is 12.1. The van der Waals surface area contributed by atoms with Crippen LogP contribution in [-0.2, 0) is 9.59 Å². The van der Waals surface area contributed by atoms with E-state index >= 15 is 0 Å². The van der Waals surface area contributed by atoms with Crippen molar-refractivity contribution in [2.75, 3.05) is 5.32 Å². The fourth-order valence-electron chi connectivity index (χ4n) is 2.49. The Morgan fingerprint density at radius 1 is 1.00 bits per heavy atom.